The van der Waals surface area contributed by atoms with Gasteiger partial charge in [0, 0.05) is 16.3 Å². The van der Waals surface area contributed by atoms with Crippen molar-refractivity contribution in [2.24, 2.45) is 0 Å². The van der Waals surface area contributed by atoms with Gasteiger partial charge in [-0.1, -0.05) is 66.7 Å². The molecule has 0 radical (unpaired) electrons. The van der Waals surface area contributed by atoms with Crippen molar-refractivity contribution in [3.05, 3.63) is 95.6 Å². The molecule has 2 heterocycles. The maximum Gasteiger partial charge on any atom is 0.150 e. The van der Waals surface area contributed by atoms with E-state index in [9.17, 15) is 4.79 Å². The Kier molecular flexibility index (Phi) is 4.24. The van der Waals surface area contributed by atoms with Gasteiger partial charge in [-0.3, -0.25) is 4.79 Å². The van der Waals surface area contributed by atoms with Gasteiger partial charge in [0.05, 0.1) is 0 Å². The van der Waals surface area contributed by atoms with Crippen LogP contribution in [0.15, 0.2) is 83.3 Å². The fraction of sp³-hybridized carbons (Fsp3) is 0.138. The second-order valence-corrected chi connectivity index (χ2v) is 8.34. The Morgan fingerprint density at radius 1 is 0.645 bits per heavy atom. The molecule has 4 aromatic carbocycles. The van der Waals surface area contributed by atoms with E-state index in [4.69, 9.17) is 4.42 Å². The van der Waals surface area contributed by atoms with Crippen LogP contribution < -0.4 is 0 Å². The second-order valence-electron chi connectivity index (χ2n) is 8.34. The number of carbonyl (C=O) groups excluding carboxylic acids is 1. The Morgan fingerprint density at radius 3 is 2.39 bits per heavy atom. The highest BCUT2D eigenvalue weighted by atomic mass is 16.3. The Labute approximate surface area is 180 Å². The molecule has 2 heteroatoms. The monoisotopic (exact) mass is 402 g/mol. The molecule has 0 amide bonds. The van der Waals surface area contributed by atoms with Gasteiger partial charge >= 0.3 is 0 Å². The Morgan fingerprint density at radius 2 is 1.45 bits per heavy atom. The number of benzene rings is 5. The number of rotatable bonds is 1. The molecule has 31 heavy (non-hydrogen) atoms. The van der Waals surface area contributed by atoms with Gasteiger partial charge in [0.2, 0.25) is 0 Å². The minimum absolute atomic E-state index is 0.701. The molecule has 1 aliphatic carbocycles. The van der Waals surface area contributed by atoms with Gasteiger partial charge in [0.1, 0.15) is 11.2 Å². The second kappa shape index (κ2) is 7.24. The van der Waals surface area contributed by atoms with Crippen LogP contribution in [0, 0.1) is 0 Å². The molecule has 150 valence electrons. The summed E-state index contributed by atoms with van der Waals surface area (Å²) in [6.45, 7) is 0. The van der Waals surface area contributed by atoms with Crippen molar-refractivity contribution in [3.63, 3.8) is 0 Å². The van der Waals surface area contributed by atoms with E-state index in [-0.39, 0.29) is 0 Å². The van der Waals surface area contributed by atoms with Crippen LogP contribution in [0.1, 0.15) is 34.3 Å². The number of carbonyl (C=O) groups is 1. The number of hydrogen-bond donors (Lipinski definition) is 0. The molecule has 0 fully saturated rings. The minimum atomic E-state index is 0.701. The lowest BCUT2D eigenvalue weighted by Crippen LogP contribution is -2.02. The summed E-state index contributed by atoms with van der Waals surface area (Å²) in [7, 11) is 0. The van der Waals surface area contributed by atoms with Crippen LogP contribution in [0.5, 0.6) is 0 Å². The first-order valence-corrected chi connectivity index (χ1v) is 10.9. The topological polar surface area (TPSA) is 30.2 Å². The maximum atomic E-state index is 10.7. The predicted molar refractivity (Wildman–Crippen MR) is 128 cm³/mol. The number of aryl methyl sites for hydroxylation is 2. The molecule has 0 N–H and O–H groups in total. The summed E-state index contributed by atoms with van der Waals surface area (Å²) in [5, 5.41) is 7.61. The first-order chi connectivity index (χ1) is 15.3. The van der Waals surface area contributed by atoms with Crippen molar-refractivity contribution in [1.29, 1.82) is 0 Å². The lowest BCUT2D eigenvalue weighted by atomic mass is 9.86. The van der Waals surface area contributed by atoms with E-state index >= 15 is 0 Å². The molecular formula is C29H22O2. The molecule has 0 spiro atoms. The third-order valence-corrected chi connectivity index (χ3v) is 6.60. The summed E-state index contributed by atoms with van der Waals surface area (Å²) in [4.78, 5) is 10.7. The van der Waals surface area contributed by atoms with Crippen LogP contribution in [0.3, 0.4) is 0 Å². The van der Waals surface area contributed by atoms with E-state index in [0.29, 0.717) is 5.56 Å². The van der Waals surface area contributed by atoms with Gasteiger partial charge in [0.15, 0.2) is 6.29 Å². The van der Waals surface area contributed by atoms with Crippen molar-refractivity contribution >= 4 is 49.8 Å². The molecular weight excluding hydrogens is 380 g/mol. The zero-order valence-electron chi connectivity index (χ0n) is 17.2. The lowest BCUT2D eigenvalue weighted by molar-refractivity contribution is 0.112. The van der Waals surface area contributed by atoms with Crippen LogP contribution in [-0.4, -0.2) is 6.29 Å². The summed E-state index contributed by atoms with van der Waals surface area (Å²) in [5.74, 6) is 0. The summed E-state index contributed by atoms with van der Waals surface area (Å²) >= 11 is 0. The molecule has 0 saturated heterocycles. The van der Waals surface area contributed by atoms with Crippen molar-refractivity contribution in [2.45, 2.75) is 25.7 Å². The van der Waals surface area contributed by atoms with Crippen LogP contribution >= 0.6 is 0 Å². The highest BCUT2D eigenvalue weighted by Gasteiger charge is 2.13. The number of aldehydes is 1. The molecule has 2 nitrogen and oxygen atoms in total. The first kappa shape index (κ1) is 18.1. The van der Waals surface area contributed by atoms with E-state index in [1.54, 1.807) is 17.2 Å². The van der Waals surface area contributed by atoms with Gasteiger partial charge < -0.3 is 4.42 Å². The molecule has 7 rings (SSSR count). The minimum Gasteiger partial charge on any atom is -0.456 e. The molecule has 2 aromatic heterocycles. The zero-order chi connectivity index (χ0) is 20.8. The van der Waals surface area contributed by atoms with Gasteiger partial charge in [0.25, 0.3) is 0 Å². The third kappa shape index (κ3) is 2.90. The van der Waals surface area contributed by atoms with Crippen molar-refractivity contribution < 1.29 is 9.21 Å². The summed E-state index contributed by atoms with van der Waals surface area (Å²) < 4.78 is 5.45. The van der Waals surface area contributed by atoms with Crippen LogP contribution in [0.25, 0.3) is 43.5 Å². The van der Waals surface area contributed by atoms with E-state index in [0.717, 1.165) is 28.2 Å². The van der Waals surface area contributed by atoms with Crippen molar-refractivity contribution in [2.75, 3.05) is 0 Å². The third-order valence-electron chi connectivity index (χ3n) is 6.60. The van der Waals surface area contributed by atoms with Crippen molar-refractivity contribution in [3.8, 4) is 0 Å². The first-order valence-electron chi connectivity index (χ1n) is 10.9. The molecule has 1 aliphatic rings. The molecule has 0 atom stereocenters. The molecule has 0 aliphatic heterocycles. The molecule has 6 aromatic rings. The molecule has 0 saturated carbocycles. The van der Waals surface area contributed by atoms with Crippen LogP contribution in [0.2, 0.25) is 0 Å². The van der Waals surface area contributed by atoms with E-state index in [1.807, 2.05) is 24.3 Å². The zero-order valence-corrected chi connectivity index (χ0v) is 17.2. The van der Waals surface area contributed by atoms with Crippen LogP contribution in [-0.2, 0) is 12.8 Å². The predicted octanol–water partition coefficient (Wildman–Crippen LogP) is 7.71. The van der Waals surface area contributed by atoms with Crippen molar-refractivity contribution in [1.82, 2.24) is 0 Å². The lowest BCUT2D eigenvalue weighted by Gasteiger charge is -2.18. The average Bonchev–Trinajstić information content (AvgIpc) is 3.47. The quantitative estimate of drug-likeness (QED) is 0.208. The smallest absolute Gasteiger partial charge is 0.150 e. The standard InChI is InChI=1S/C18H16.C11H6O2/c1-3-7-15-13(5-1)9-11-18-16-8-4-2-6-14(16)10-12-17(15)18;12-6-7-2-1-3-8-9-4-5-10(13-9)11(7)8/h1,3,5,7,9-12H,2,4,6,8H2;1-6H. The summed E-state index contributed by atoms with van der Waals surface area (Å²) in [6, 6.07) is 27.4. The maximum absolute atomic E-state index is 10.7. The van der Waals surface area contributed by atoms with Gasteiger partial charge in [-0.25, -0.2) is 0 Å². The Balaban J connectivity index is 0.000000126. The normalized spacial score (nSPS) is 13.4. The number of hydrogen-bond acceptors (Lipinski definition) is 2. The largest absolute Gasteiger partial charge is 0.456 e. The SMILES string of the molecule is O=Cc1cccc2c3ccc(o3)c12.c1ccc2c(c1)ccc1c3c(ccc12)CCCC3. The average molecular weight is 402 g/mol. The summed E-state index contributed by atoms with van der Waals surface area (Å²) in [6.07, 6.45) is 6.08. The Hall–Kier alpha value is -3.65. The fourth-order valence-electron chi connectivity index (χ4n) is 5.11. The van der Waals surface area contributed by atoms with E-state index < -0.39 is 0 Å². The summed E-state index contributed by atoms with van der Waals surface area (Å²) in [5.41, 5.74) is 5.53. The number of furan rings is 2. The fourth-order valence-corrected chi connectivity index (χ4v) is 5.11. The van der Waals surface area contributed by atoms with Gasteiger partial charge in [-0.15, -0.1) is 0 Å². The van der Waals surface area contributed by atoms with E-state index in [2.05, 4.69) is 48.5 Å². The van der Waals surface area contributed by atoms with Gasteiger partial charge in [-0.05, 0) is 70.5 Å². The molecule has 2 bridgehead atoms. The van der Waals surface area contributed by atoms with Gasteiger partial charge in [-0.2, -0.15) is 0 Å². The highest BCUT2D eigenvalue weighted by Crippen LogP contribution is 2.34. The molecule has 0 unspecified atom stereocenters. The van der Waals surface area contributed by atoms with Crippen LogP contribution in [0.4, 0.5) is 0 Å². The number of fused-ring (bicyclic) bond motifs is 10. The van der Waals surface area contributed by atoms with E-state index in [1.165, 1.54) is 47.2 Å². The Bertz CT molecular complexity index is 1550. The highest BCUT2D eigenvalue weighted by molar-refractivity contribution is 6.13.